The molecule has 0 unspecified atom stereocenters. The van der Waals surface area contributed by atoms with Crippen molar-refractivity contribution >= 4 is 5.91 Å². The number of hydrogen-bond donors (Lipinski definition) is 2. The van der Waals surface area contributed by atoms with Crippen LogP contribution in [0, 0.1) is 0 Å². The first-order chi connectivity index (χ1) is 4.81. The fraction of sp³-hybridized carbons (Fsp3) is 0.571. The molecular weight excluding hydrogens is 128 g/mol. The molecule has 0 bridgehead atoms. The second kappa shape index (κ2) is 6.29. The predicted octanol–water partition coefficient (Wildman–Crippen LogP) is -0.102. The first-order valence-electron chi connectivity index (χ1n) is 3.33. The fourth-order valence-electron chi connectivity index (χ4n) is 0.537. The van der Waals surface area contributed by atoms with Crippen LogP contribution in [0.25, 0.3) is 0 Å². The van der Waals surface area contributed by atoms with Crippen molar-refractivity contribution in [2.24, 2.45) is 0 Å². The van der Waals surface area contributed by atoms with Crippen molar-refractivity contribution in [1.29, 1.82) is 0 Å². The molecule has 0 heterocycles. The Bertz CT molecular complexity index is 112. The van der Waals surface area contributed by atoms with Gasteiger partial charge in [-0.3, -0.25) is 4.79 Å². The number of amides is 1. The summed E-state index contributed by atoms with van der Waals surface area (Å²) in [6, 6.07) is 0. The average Bonchev–Trinajstić information content (AvgIpc) is 1.89. The van der Waals surface area contributed by atoms with Crippen molar-refractivity contribution in [3.05, 3.63) is 12.7 Å². The summed E-state index contributed by atoms with van der Waals surface area (Å²) in [5, 5.41) is 5.47. The quantitative estimate of drug-likeness (QED) is 0.415. The molecule has 0 spiro atoms. The summed E-state index contributed by atoms with van der Waals surface area (Å²) in [4.78, 5) is 10.7. The van der Waals surface area contributed by atoms with Gasteiger partial charge in [-0.1, -0.05) is 6.08 Å². The summed E-state index contributed by atoms with van der Waals surface area (Å²) in [5.74, 6) is 0.0318. The number of rotatable bonds is 5. The van der Waals surface area contributed by atoms with Gasteiger partial charge in [0.1, 0.15) is 0 Å². The molecule has 10 heavy (non-hydrogen) atoms. The van der Waals surface area contributed by atoms with Crippen LogP contribution in [0.2, 0.25) is 0 Å². The molecular formula is C7H14N2O. The number of hydrogen-bond acceptors (Lipinski definition) is 2. The van der Waals surface area contributed by atoms with E-state index in [1.807, 2.05) is 0 Å². The molecule has 2 N–H and O–H groups in total. The summed E-state index contributed by atoms with van der Waals surface area (Å²) in [6.45, 7) is 4.61. The molecule has 0 saturated carbocycles. The predicted molar refractivity (Wildman–Crippen MR) is 41.8 cm³/mol. The van der Waals surface area contributed by atoms with E-state index in [1.165, 1.54) is 0 Å². The Morgan fingerprint density at radius 3 is 2.90 bits per heavy atom. The molecule has 0 saturated heterocycles. The standard InChI is InChI=1S/C7H14N2O/c1-3-4-5-9-7(10)6-8-2/h3,8H,1,4-6H2,2H3,(H,9,10). The second-order valence-corrected chi connectivity index (χ2v) is 1.96. The van der Waals surface area contributed by atoms with Crippen LogP contribution in [-0.4, -0.2) is 26.0 Å². The van der Waals surface area contributed by atoms with Crippen LogP contribution >= 0.6 is 0 Å². The second-order valence-electron chi connectivity index (χ2n) is 1.96. The summed E-state index contributed by atoms with van der Waals surface area (Å²) in [6.07, 6.45) is 2.61. The molecule has 0 radical (unpaired) electrons. The highest BCUT2D eigenvalue weighted by atomic mass is 16.1. The van der Waals surface area contributed by atoms with Gasteiger partial charge < -0.3 is 10.6 Å². The van der Waals surface area contributed by atoms with E-state index in [2.05, 4.69) is 17.2 Å². The number of carbonyl (C=O) groups excluding carboxylic acids is 1. The molecule has 0 aromatic carbocycles. The van der Waals surface area contributed by atoms with Crippen molar-refractivity contribution in [3.8, 4) is 0 Å². The van der Waals surface area contributed by atoms with E-state index in [1.54, 1.807) is 13.1 Å². The zero-order valence-electron chi connectivity index (χ0n) is 6.31. The number of likely N-dealkylation sites (N-methyl/N-ethyl adjacent to an activating group) is 1. The third-order valence-electron chi connectivity index (χ3n) is 1.01. The molecule has 0 aliphatic carbocycles. The van der Waals surface area contributed by atoms with Gasteiger partial charge in [0.25, 0.3) is 0 Å². The lowest BCUT2D eigenvalue weighted by Crippen LogP contribution is -2.32. The summed E-state index contributed by atoms with van der Waals surface area (Å²) < 4.78 is 0. The Labute approximate surface area is 61.5 Å². The highest BCUT2D eigenvalue weighted by Gasteiger charge is 1.94. The van der Waals surface area contributed by atoms with E-state index in [9.17, 15) is 4.79 Å². The van der Waals surface area contributed by atoms with Crippen molar-refractivity contribution in [2.75, 3.05) is 20.1 Å². The minimum absolute atomic E-state index is 0.0318. The topological polar surface area (TPSA) is 41.1 Å². The van der Waals surface area contributed by atoms with Crippen LogP contribution in [0.3, 0.4) is 0 Å². The maximum Gasteiger partial charge on any atom is 0.233 e. The molecule has 0 aliphatic heterocycles. The third kappa shape index (κ3) is 5.31. The van der Waals surface area contributed by atoms with Crippen LogP contribution in [0.5, 0.6) is 0 Å². The van der Waals surface area contributed by atoms with Gasteiger partial charge in [-0.2, -0.15) is 0 Å². The van der Waals surface area contributed by atoms with Crippen LogP contribution in [0.4, 0.5) is 0 Å². The molecule has 0 aromatic heterocycles. The summed E-state index contributed by atoms with van der Waals surface area (Å²) >= 11 is 0. The van der Waals surface area contributed by atoms with E-state index in [0.29, 0.717) is 13.1 Å². The zero-order valence-corrected chi connectivity index (χ0v) is 6.31. The van der Waals surface area contributed by atoms with Gasteiger partial charge in [0.15, 0.2) is 0 Å². The van der Waals surface area contributed by atoms with E-state index < -0.39 is 0 Å². The maximum atomic E-state index is 10.7. The Kier molecular flexibility index (Phi) is 5.77. The Balaban J connectivity index is 3.13. The molecule has 58 valence electrons. The fourth-order valence-corrected chi connectivity index (χ4v) is 0.537. The Morgan fingerprint density at radius 1 is 1.70 bits per heavy atom. The van der Waals surface area contributed by atoms with Crippen molar-refractivity contribution in [1.82, 2.24) is 10.6 Å². The highest BCUT2D eigenvalue weighted by molar-refractivity contribution is 5.77. The molecule has 0 aliphatic rings. The molecule has 1 amide bonds. The normalized spacial score (nSPS) is 8.90. The molecule has 3 nitrogen and oxygen atoms in total. The highest BCUT2D eigenvalue weighted by Crippen LogP contribution is 1.74. The monoisotopic (exact) mass is 142 g/mol. The van der Waals surface area contributed by atoms with E-state index >= 15 is 0 Å². The lowest BCUT2D eigenvalue weighted by atomic mass is 10.4. The van der Waals surface area contributed by atoms with Crippen LogP contribution < -0.4 is 10.6 Å². The molecule has 0 aromatic rings. The molecule has 0 atom stereocenters. The van der Waals surface area contributed by atoms with Gasteiger partial charge in [0.2, 0.25) is 5.91 Å². The average molecular weight is 142 g/mol. The molecule has 3 heteroatoms. The van der Waals surface area contributed by atoms with Crippen LogP contribution in [0.15, 0.2) is 12.7 Å². The molecule has 0 fully saturated rings. The van der Waals surface area contributed by atoms with E-state index in [-0.39, 0.29) is 5.91 Å². The minimum Gasteiger partial charge on any atom is -0.355 e. The van der Waals surface area contributed by atoms with Crippen molar-refractivity contribution in [2.45, 2.75) is 6.42 Å². The van der Waals surface area contributed by atoms with Crippen molar-refractivity contribution < 1.29 is 4.79 Å². The van der Waals surface area contributed by atoms with Gasteiger partial charge in [0.05, 0.1) is 6.54 Å². The van der Waals surface area contributed by atoms with Crippen LogP contribution in [-0.2, 0) is 4.79 Å². The first-order valence-corrected chi connectivity index (χ1v) is 3.33. The van der Waals surface area contributed by atoms with Crippen LogP contribution in [0.1, 0.15) is 6.42 Å². The van der Waals surface area contributed by atoms with Gasteiger partial charge >= 0.3 is 0 Å². The molecule has 0 rings (SSSR count). The van der Waals surface area contributed by atoms with Gasteiger partial charge in [-0.05, 0) is 13.5 Å². The maximum absolute atomic E-state index is 10.7. The van der Waals surface area contributed by atoms with E-state index in [0.717, 1.165) is 6.42 Å². The largest absolute Gasteiger partial charge is 0.355 e. The Morgan fingerprint density at radius 2 is 2.40 bits per heavy atom. The number of carbonyl (C=O) groups is 1. The third-order valence-corrected chi connectivity index (χ3v) is 1.01. The van der Waals surface area contributed by atoms with Gasteiger partial charge in [0, 0.05) is 6.54 Å². The number of nitrogens with one attached hydrogen (secondary N) is 2. The first kappa shape index (κ1) is 9.17. The SMILES string of the molecule is C=CCCNC(=O)CNC. The Hall–Kier alpha value is -0.830. The lowest BCUT2D eigenvalue weighted by molar-refractivity contribution is -0.120. The zero-order chi connectivity index (χ0) is 7.82. The van der Waals surface area contributed by atoms with Gasteiger partial charge in [-0.25, -0.2) is 0 Å². The van der Waals surface area contributed by atoms with Gasteiger partial charge in [-0.15, -0.1) is 6.58 Å². The lowest BCUT2D eigenvalue weighted by Gasteiger charge is -2.00. The van der Waals surface area contributed by atoms with Crippen molar-refractivity contribution in [3.63, 3.8) is 0 Å². The van der Waals surface area contributed by atoms with E-state index in [4.69, 9.17) is 0 Å². The minimum atomic E-state index is 0.0318. The summed E-state index contributed by atoms with van der Waals surface area (Å²) in [7, 11) is 1.74. The smallest absolute Gasteiger partial charge is 0.233 e. The summed E-state index contributed by atoms with van der Waals surface area (Å²) in [5.41, 5.74) is 0.